The minimum atomic E-state index is -2.37. The molecular formula is C27H36O7. The molecule has 3 saturated carbocycles. The molecule has 8 atom stereocenters. The molecule has 0 radical (unpaired) electrons. The largest absolute Gasteiger partial charge is 0.453 e. The Hall–Kier alpha value is -2.28. The number of ether oxygens (including phenoxy) is 2. The second kappa shape index (κ2) is 6.90. The Labute approximate surface area is 200 Å². The van der Waals surface area contributed by atoms with E-state index in [1.54, 1.807) is 39.8 Å². The van der Waals surface area contributed by atoms with Crippen molar-refractivity contribution < 1.29 is 33.8 Å². The molecule has 0 aromatic carbocycles. The van der Waals surface area contributed by atoms with Crippen molar-refractivity contribution in [3.63, 3.8) is 0 Å². The highest BCUT2D eigenvalue weighted by Gasteiger charge is 2.89. The number of hydrogen-bond donors (Lipinski definition) is 1. The van der Waals surface area contributed by atoms with Crippen molar-refractivity contribution in [2.24, 2.45) is 33.5 Å². The number of rotatable bonds is 3. The molecule has 7 heteroatoms. The summed E-state index contributed by atoms with van der Waals surface area (Å²) >= 11 is 0. The monoisotopic (exact) mass is 472 g/mol. The molecule has 0 saturated heterocycles. The predicted molar refractivity (Wildman–Crippen MR) is 123 cm³/mol. The van der Waals surface area contributed by atoms with Gasteiger partial charge in [-0.25, -0.2) is 4.79 Å². The standard InChI is InChI=1S/C27H36O7/c1-10-13(2)21(30)34-19-14(3)12-26-15(4)11-17-23(6,7)25(17,9)24(8,22(26)31)20(33-16(5)28)18(29)27(19,26)32/h10,12,15,17,19-20,32H,11H2,1-9H3/b13-10-/t15-,17+,19+,20?,24-,25+,26+,27+/m1/s1. The number of fused-ring (bicyclic) bond motifs is 3. The highest BCUT2D eigenvalue weighted by atomic mass is 16.6. The van der Waals surface area contributed by atoms with Gasteiger partial charge in [0.2, 0.25) is 5.78 Å². The normalized spacial score (nSPS) is 46.6. The Morgan fingerprint density at radius 3 is 2.21 bits per heavy atom. The van der Waals surface area contributed by atoms with Crippen LogP contribution in [0.4, 0.5) is 0 Å². The molecular weight excluding hydrogens is 436 g/mol. The van der Waals surface area contributed by atoms with E-state index in [4.69, 9.17) is 9.47 Å². The van der Waals surface area contributed by atoms with Crippen molar-refractivity contribution >= 4 is 23.5 Å². The molecule has 7 nitrogen and oxygen atoms in total. The van der Waals surface area contributed by atoms with Gasteiger partial charge in [-0.05, 0) is 62.4 Å². The lowest BCUT2D eigenvalue weighted by molar-refractivity contribution is -0.217. The zero-order valence-electron chi connectivity index (χ0n) is 21.6. The van der Waals surface area contributed by atoms with Gasteiger partial charge in [-0.3, -0.25) is 14.4 Å². The van der Waals surface area contributed by atoms with Gasteiger partial charge >= 0.3 is 11.9 Å². The minimum Gasteiger partial charge on any atom is -0.453 e. The van der Waals surface area contributed by atoms with E-state index in [1.165, 1.54) is 6.92 Å². The number of allylic oxidation sites excluding steroid dienone is 1. The quantitative estimate of drug-likeness (QED) is 0.381. The first-order chi connectivity index (χ1) is 15.5. The molecule has 34 heavy (non-hydrogen) atoms. The topological polar surface area (TPSA) is 107 Å². The van der Waals surface area contributed by atoms with Crippen LogP contribution in [0.15, 0.2) is 23.3 Å². The maximum atomic E-state index is 14.7. The van der Waals surface area contributed by atoms with Gasteiger partial charge in [0, 0.05) is 12.5 Å². The maximum Gasteiger partial charge on any atom is 0.334 e. The van der Waals surface area contributed by atoms with Gasteiger partial charge in [-0.15, -0.1) is 0 Å². The van der Waals surface area contributed by atoms with Crippen LogP contribution in [0.2, 0.25) is 0 Å². The van der Waals surface area contributed by atoms with Crippen LogP contribution < -0.4 is 0 Å². The second-order valence-electron chi connectivity index (χ2n) is 11.8. The first-order valence-corrected chi connectivity index (χ1v) is 12.0. The number of aliphatic hydroxyl groups is 1. The second-order valence-corrected chi connectivity index (χ2v) is 11.8. The lowest BCUT2D eigenvalue weighted by atomic mass is 9.47. The smallest absolute Gasteiger partial charge is 0.334 e. The number of Topliss-reactive ketones (excluding diaryl/α,β-unsaturated/α-hetero) is 2. The van der Waals surface area contributed by atoms with E-state index in [1.807, 2.05) is 13.8 Å². The molecule has 0 heterocycles. The molecule has 2 bridgehead atoms. The summed E-state index contributed by atoms with van der Waals surface area (Å²) in [6, 6.07) is 0. The summed E-state index contributed by atoms with van der Waals surface area (Å²) in [5.41, 5.74) is -5.43. The van der Waals surface area contributed by atoms with Crippen molar-refractivity contribution in [2.75, 3.05) is 0 Å². The maximum absolute atomic E-state index is 14.7. The molecule has 4 aliphatic carbocycles. The van der Waals surface area contributed by atoms with Gasteiger partial charge in [0.25, 0.3) is 0 Å². The van der Waals surface area contributed by atoms with Crippen LogP contribution in [0.3, 0.4) is 0 Å². The number of hydrogen-bond acceptors (Lipinski definition) is 7. The summed E-state index contributed by atoms with van der Waals surface area (Å²) in [6.45, 7) is 15.9. The number of esters is 2. The molecule has 0 aromatic rings. The molecule has 1 N–H and O–H groups in total. The summed E-state index contributed by atoms with van der Waals surface area (Å²) in [4.78, 5) is 53.9. The van der Waals surface area contributed by atoms with Gasteiger partial charge in [-0.2, -0.15) is 0 Å². The summed E-state index contributed by atoms with van der Waals surface area (Å²) in [5, 5.41) is 12.3. The molecule has 1 spiro atoms. The third-order valence-electron chi connectivity index (χ3n) is 10.4. The van der Waals surface area contributed by atoms with E-state index in [0.717, 1.165) is 0 Å². The molecule has 0 amide bonds. The third kappa shape index (κ3) is 2.37. The van der Waals surface area contributed by atoms with Crippen molar-refractivity contribution in [1.29, 1.82) is 0 Å². The Balaban J connectivity index is 1.99. The van der Waals surface area contributed by atoms with E-state index >= 15 is 0 Å². The van der Waals surface area contributed by atoms with Crippen LogP contribution in [0.5, 0.6) is 0 Å². The van der Waals surface area contributed by atoms with E-state index in [0.29, 0.717) is 17.6 Å². The van der Waals surface area contributed by atoms with Crippen molar-refractivity contribution in [1.82, 2.24) is 0 Å². The lowest BCUT2D eigenvalue weighted by Crippen LogP contribution is -2.76. The van der Waals surface area contributed by atoms with E-state index in [-0.39, 0.29) is 17.1 Å². The molecule has 4 rings (SSSR count). The van der Waals surface area contributed by atoms with Crippen molar-refractivity contribution in [2.45, 2.75) is 86.5 Å². The fraction of sp³-hybridized carbons (Fsp3) is 0.704. The van der Waals surface area contributed by atoms with Crippen LogP contribution in [0.25, 0.3) is 0 Å². The van der Waals surface area contributed by atoms with Gasteiger partial charge in [0.15, 0.2) is 23.6 Å². The first kappa shape index (κ1) is 24.8. The minimum absolute atomic E-state index is 0.0807. The zero-order chi connectivity index (χ0) is 25.8. The number of carbonyl (C=O) groups is 4. The Morgan fingerprint density at radius 2 is 1.68 bits per heavy atom. The van der Waals surface area contributed by atoms with Crippen LogP contribution >= 0.6 is 0 Å². The molecule has 0 aromatic heterocycles. The van der Waals surface area contributed by atoms with Crippen LogP contribution in [-0.4, -0.2) is 46.4 Å². The van der Waals surface area contributed by atoms with E-state index < -0.39 is 57.7 Å². The first-order valence-electron chi connectivity index (χ1n) is 12.0. The van der Waals surface area contributed by atoms with E-state index in [9.17, 15) is 24.3 Å². The molecule has 186 valence electrons. The molecule has 1 unspecified atom stereocenters. The lowest BCUT2D eigenvalue weighted by Gasteiger charge is -2.56. The number of carbonyl (C=O) groups excluding carboxylic acids is 4. The van der Waals surface area contributed by atoms with Gasteiger partial charge < -0.3 is 14.6 Å². The highest BCUT2D eigenvalue weighted by Crippen LogP contribution is 2.83. The van der Waals surface area contributed by atoms with Crippen LogP contribution in [0, 0.1) is 33.5 Å². The average Bonchev–Trinajstić information content (AvgIpc) is 3.09. The van der Waals surface area contributed by atoms with E-state index in [2.05, 4.69) is 13.8 Å². The Morgan fingerprint density at radius 1 is 1.09 bits per heavy atom. The summed E-state index contributed by atoms with van der Waals surface area (Å²) in [7, 11) is 0. The van der Waals surface area contributed by atoms with Gasteiger partial charge in [0.1, 0.15) is 0 Å². The van der Waals surface area contributed by atoms with Gasteiger partial charge in [0.05, 0.1) is 10.8 Å². The van der Waals surface area contributed by atoms with Crippen molar-refractivity contribution in [3.8, 4) is 0 Å². The van der Waals surface area contributed by atoms with Gasteiger partial charge in [-0.1, -0.05) is 39.8 Å². The SMILES string of the molecule is C/C=C(/C)C(=O)O[C@H]1C(C)=C[C@]23C(=O)[C@@](C)(C(OC(C)=O)C(=O)[C@]12O)[C@@]1(C)[C@@H](C[C@H]3C)C1(C)C. The fourth-order valence-corrected chi connectivity index (χ4v) is 7.96. The predicted octanol–water partition coefficient (Wildman–Crippen LogP) is 3.33. The fourth-order valence-electron chi connectivity index (χ4n) is 7.96. The summed E-state index contributed by atoms with van der Waals surface area (Å²) in [5.74, 6) is -2.80. The zero-order valence-corrected chi connectivity index (χ0v) is 21.6. The Bertz CT molecular complexity index is 1080. The molecule has 4 aliphatic rings. The Kier molecular flexibility index (Phi) is 5.04. The van der Waals surface area contributed by atoms with Crippen molar-refractivity contribution in [3.05, 3.63) is 23.3 Å². The summed E-state index contributed by atoms with van der Waals surface area (Å²) < 4.78 is 11.3. The average molecular weight is 473 g/mol. The van der Waals surface area contributed by atoms with Crippen LogP contribution in [0.1, 0.15) is 68.7 Å². The van der Waals surface area contributed by atoms with Crippen LogP contribution in [-0.2, 0) is 28.7 Å². The summed E-state index contributed by atoms with van der Waals surface area (Å²) in [6.07, 6.45) is 0.994. The highest BCUT2D eigenvalue weighted by molar-refractivity contribution is 6.13. The molecule has 0 aliphatic heterocycles. The number of ketones is 2. The molecule has 3 fully saturated rings. The third-order valence-corrected chi connectivity index (χ3v) is 10.4.